The first-order valence-corrected chi connectivity index (χ1v) is 6.27. The van der Waals surface area contributed by atoms with Crippen molar-refractivity contribution in [3.8, 4) is 0 Å². The van der Waals surface area contributed by atoms with Gasteiger partial charge in [0.25, 0.3) is 0 Å². The zero-order valence-electron chi connectivity index (χ0n) is 11.3. The minimum Gasteiger partial charge on any atom is -0.388 e. The highest BCUT2D eigenvalue weighted by molar-refractivity contribution is 5.31. The molecule has 1 atom stereocenters. The molecule has 0 saturated carbocycles. The van der Waals surface area contributed by atoms with Crippen LogP contribution in [0.1, 0.15) is 28.4 Å². The van der Waals surface area contributed by atoms with E-state index in [-0.39, 0.29) is 12.0 Å². The fourth-order valence-corrected chi connectivity index (χ4v) is 2.06. The van der Waals surface area contributed by atoms with Crippen molar-refractivity contribution < 1.29 is 18.3 Å². The van der Waals surface area contributed by atoms with Crippen LogP contribution in [-0.2, 0) is 6.42 Å². The lowest BCUT2D eigenvalue weighted by molar-refractivity contribution is 0.172. The van der Waals surface area contributed by atoms with Crippen LogP contribution in [0.15, 0.2) is 30.3 Å². The quantitative estimate of drug-likeness (QED) is 0.843. The number of rotatable bonds is 3. The second-order valence-corrected chi connectivity index (χ2v) is 4.93. The molecule has 2 aromatic rings. The molecule has 2 rings (SSSR count). The first kappa shape index (κ1) is 14.6. The van der Waals surface area contributed by atoms with Gasteiger partial charge in [-0.05, 0) is 36.6 Å². The molecule has 20 heavy (non-hydrogen) atoms. The van der Waals surface area contributed by atoms with Crippen molar-refractivity contribution in [2.24, 2.45) is 0 Å². The molecule has 0 fully saturated rings. The Labute approximate surface area is 115 Å². The Balaban J connectivity index is 2.25. The monoisotopic (exact) mass is 280 g/mol. The summed E-state index contributed by atoms with van der Waals surface area (Å²) in [7, 11) is 0. The largest absolute Gasteiger partial charge is 0.388 e. The molecule has 106 valence electrons. The molecule has 0 aromatic heterocycles. The van der Waals surface area contributed by atoms with Crippen molar-refractivity contribution in [1.29, 1.82) is 0 Å². The van der Waals surface area contributed by atoms with Gasteiger partial charge in [-0.15, -0.1) is 0 Å². The lowest BCUT2D eigenvalue weighted by Gasteiger charge is -2.13. The Kier molecular flexibility index (Phi) is 4.14. The van der Waals surface area contributed by atoms with Gasteiger partial charge in [-0.3, -0.25) is 0 Å². The molecule has 0 bridgehead atoms. The number of aryl methyl sites for hydroxylation is 2. The maximum absolute atomic E-state index is 13.6. The number of aliphatic hydroxyl groups excluding tert-OH is 1. The highest BCUT2D eigenvalue weighted by Crippen LogP contribution is 2.24. The van der Waals surface area contributed by atoms with E-state index in [0.29, 0.717) is 12.1 Å². The zero-order valence-corrected chi connectivity index (χ0v) is 11.3. The lowest BCUT2D eigenvalue weighted by Crippen LogP contribution is -2.06. The average Bonchev–Trinajstić information content (AvgIpc) is 2.38. The highest BCUT2D eigenvalue weighted by atomic mass is 19.2. The van der Waals surface area contributed by atoms with Crippen LogP contribution in [0.4, 0.5) is 13.2 Å². The van der Waals surface area contributed by atoms with E-state index in [1.54, 1.807) is 0 Å². The van der Waals surface area contributed by atoms with Gasteiger partial charge < -0.3 is 5.11 Å². The molecule has 0 spiro atoms. The third kappa shape index (κ3) is 3.02. The molecule has 2 aromatic carbocycles. The Morgan fingerprint density at radius 1 is 0.900 bits per heavy atom. The van der Waals surface area contributed by atoms with Crippen LogP contribution in [-0.4, -0.2) is 5.11 Å². The van der Waals surface area contributed by atoms with Gasteiger partial charge in [-0.2, -0.15) is 0 Å². The Bertz CT molecular complexity index is 638. The van der Waals surface area contributed by atoms with Crippen LogP contribution >= 0.6 is 0 Å². The Morgan fingerprint density at radius 2 is 1.55 bits per heavy atom. The molecular formula is C16H15F3O. The van der Waals surface area contributed by atoms with Crippen molar-refractivity contribution in [2.75, 3.05) is 0 Å². The summed E-state index contributed by atoms with van der Waals surface area (Å²) in [5.41, 5.74) is 2.74. The van der Waals surface area contributed by atoms with Gasteiger partial charge in [0, 0.05) is 18.1 Å². The summed E-state index contributed by atoms with van der Waals surface area (Å²) in [5, 5.41) is 10.0. The van der Waals surface area contributed by atoms with E-state index in [1.165, 1.54) is 0 Å². The number of halogens is 3. The van der Waals surface area contributed by atoms with Gasteiger partial charge in [-0.25, -0.2) is 13.2 Å². The predicted octanol–water partition coefficient (Wildman–Crippen LogP) is 4.00. The third-order valence-corrected chi connectivity index (χ3v) is 3.40. The summed E-state index contributed by atoms with van der Waals surface area (Å²) in [6.07, 6.45) is -1.07. The molecule has 0 saturated heterocycles. The number of hydrogen-bond donors (Lipinski definition) is 1. The minimum absolute atomic E-state index is 0.142. The standard InChI is InChI=1S/C16H15F3O/c1-9-3-4-11(5-10(9)2)6-16(20)12-7-14(18)15(19)8-13(12)17/h3-5,7-8,16,20H,6H2,1-2H3. The van der Waals surface area contributed by atoms with Crippen molar-refractivity contribution in [3.63, 3.8) is 0 Å². The van der Waals surface area contributed by atoms with E-state index in [2.05, 4.69) is 0 Å². The summed E-state index contributed by atoms with van der Waals surface area (Å²) in [5.74, 6) is -3.37. The van der Waals surface area contributed by atoms with Crippen molar-refractivity contribution >= 4 is 0 Å². The van der Waals surface area contributed by atoms with Crippen molar-refractivity contribution in [1.82, 2.24) is 0 Å². The summed E-state index contributed by atoms with van der Waals surface area (Å²) >= 11 is 0. The molecule has 4 heteroatoms. The molecule has 1 unspecified atom stereocenters. The zero-order chi connectivity index (χ0) is 14.9. The van der Waals surface area contributed by atoms with Crippen LogP contribution in [0.2, 0.25) is 0 Å². The summed E-state index contributed by atoms with van der Waals surface area (Å²) < 4.78 is 39.5. The topological polar surface area (TPSA) is 20.2 Å². The van der Waals surface area contributed by atoms with Crippen LogP contribution < -0.4 is 0 Å². The van der Waals surface area contributed by atoms with Gasteiger partial charge in [0.2, 0.25) is 0 Å². The van der Waals surface area contributed by atoms with E-state index >= 15 is 0 Å². The van der Waals surface area contributed by atoms with Crippen LogP contribution in [0.3, 0.4) is 0 Å². The van der Waals surface area contributed by atoms with E-state index in [9.17, 15) is 18.3 Å². The maximum Gasteiger partial charge on any atom is 0.161 e. The van der Waals surface area contributed by atoms with E-state index in [1.807, 2.05) is 32.0 Å². The summed E-state index contributed by atoms with van der Waals surface area (Å²) in [4.78, 5) is 0. The smallest absolute Gasteiger partial charge is 0.161 e. The van der Waals surface area contributed by atoms with Crippen molar-refractivity contribution in [3.05, 3.63) is 70.0 Å². The SMILES string of the molecule is Cc1ccc(CC(O)c2cc(F)c(F)cc2F)cc1C. The fourth-order valence-electron chi connectivity index (χ4n) is 2.06. The second-order valence-electron chi connectivity index (χ2n) is 4.93. The molecule has 1 nitrogen and oxygen atoms in total. The van der Waals surface area contributed by atoms with Gasteiger partial charge >= 0.3 is 0 Å². The Morgan fingerprint density at radius 3 is 2.20 bits per heavy atom. The molecule has 0 radical (unpaired) electrons. The lowest BCUT2D eigenvalue weighted by atomic mass is 9.98. The van der Waals surface area contributed by atoms with Crippen LogP contribution in [0.5, 0.6) is 0 Å². The van der Waals surface area contributed by atoms with Gasteiger partial charge in [0.05, 0.1) is 6.10 Å². The van der Waals surface area contributed by atoms with E-state index in [0.717, 1.165) is 16.7 Å². The van der Waals surface area contributed by atoms with E-state index in [4.69, 9.17) is 0 Å². The number of aliphatic hydroxyl groups is 1. The first-order chi connectivity index (χ1) is 9.38. The first-order valence-electron chi connectivity index (χ1n) is 6.27. The van der Waals surface area contributed by atoms with Gasteiger partial charge in [0.1, 0.15) is 5.82 Å². The van der Waals surface area contributed by atoms with E-state index < -0.39 is 23.6 Å². The number of benzene rings is 2. The van der Waals surface area contributed by atoms with Crippen LogP contribution in [0.25, 0.3) is 0 Å². The maximum atomic E-state index is 13.6. The van der Waals surface area contributed by atoms with Crippen LogP contribution in [0, 0.1) is 31.3 Å². The Hall–Kier alpha value is -1.81. The molecule has 0 heterocycles. The molecule has 1 N–H and O–H groups in total. The molecule has 0 amide bonds. The number of hydrogen-bond acceptors (Lipinski definition) is 1. The van der Waals surface area contributed by atoms with Crippen molar-refractivity contribution in [2.45, 2.75) is 26.4 Å². The second kappa shape index (κ2) is 5.67. The molecule has 0 aliphatic carbocycles. The third-order valence-electron chi connectivity index (χ3n) is 3.40. The summed E-state index contributed by atoms with van der Waals surface area (Å²) in [6, 6.07) is 6.77. The fraction of sp³-hybridized carbons (Fsp3) is 0.250. The average molecular weight is 280 g/mol. The summed E-state index contributed by atoms with van der Waals surface area (Å²) in [6.45, 7) is 3.90. The van der Waals surface area contributed by atoms with Gasteiger partial charge in [0.15, 0.2) is 11.6 Å². The van der Waals surface area contributed by atoms with Gasteiger partial charge in [-0.1, -0.05) is 18.2 Å². The minimum atomic E-state index is -1.26. The molecule has 0 aliphatic heterocycles. The predicted molar refractivity (Wildman–Crippen MR) is 70.9 cm³/mol. The molecule has 0 aliphatic rings. The highest BCUT2D eigenvalue weighted by Gasteiger charge is 2.17. The normalized spacial score (nSPS) is 12.5. The molecular weight excluding hydrogens is 265 g/mol.